The van der Waals surface area contributed by atoms with E-state index in [1.165, 1.54) is 5.56 Å². The van der Waals surface area contributed by atoms with E-state index < -0.39 is 0 Å². The minimum Gasteiger partial charge on any atom is -0.279 e. The lowest BCUT2D eigenvalue weighted by Gasteiger charge is -2.22. The van der Waals surface area contributed by atoms with E-state index in [2.05, 4.69) is 58.5 Å². The van der Waals surface area contributed by atoms with Crippen LogP contribution < -0.4 is 4.90 Å². The minimum absolute atomic E-state index is 0.837. The fourth-order valence-corrected chi connectivity index (χ4v) is 2.85. The van der Waals surface area contributed by atoms with E-state index in [9.17, 15) is 0 Å². The second-order valence-corrected chi connectivity index (χ2v) is 6.05. The van der Waals surface area contributed by atoms with Crippen molar-refractivity contribution in [3.05, 3.63) is 115 Å². The van der Waals surface area contributed by atoms with Crippen molar-refractivity contribution in [3.63, 3.8) is 0 Å². The molecule has 2 aromatic carbocycles. The maximum atomic E-state index is 4.50. The van der Waals surface area contributed by atoms with Crippen LogP contribution in [0, 0.1) is 0 Å². The topological polar surface area (TPSA) is 29.0 Å². The monoisotopic (exact) mass is 349 g/mol. The summed E-state index contributed by atoms with van der Waals surface area (Å²) in [6, 6.07) is 30.4. The van der Waals surface area contributed by atoms with Crippen molar-refractivity contribution in [2.24, 2.45) is 0 Å². The molecule has 0 unspecified atom stereocenters. The number of nitrogens with zero attached hydrogens (tertiary/aromatic N) is 3. The van der Waals surface area contributed by atoms with Crippen LogP contribution in [0.25, 0.3) is 12.2 Å². The molecule has 3 heteroatoms. The highest BCUT2D eigenvalue weighted by molar-refractivity contribution is 5.75. The van der Waals surface area contributed by atoms with E-state index in [4.69, 9.17) is 0 Å². The van der Waals surface area contributed by atoms with Gasteiger partial charge in [-0.25, -0.2) is 9.97 Å². The fraction of sp³-hybridized carbons (Fsp3) is 0. The van der Waals surface area contributed by atoms with Gasteiger partial charge in [0, 0.05) is 18.1 Å². The first-order chi connectivity index (χ1) is 13.4. The summed E-state index contributed by atoms with van der Waals surface area (Å²) >= 11 is 0. The van der Waals surface area contributed by atoms with Crippen molar-refractivity contribution in [2.75, 3.05) is 4.90 Å². The molecule has 2 aromatic heterocycles. The largest absolute Gasteiger partial charge is 0.279 e. The highest BCUT2D eigenvalue weighted by atomic mass is 15.2. The number of rotatable bonds is 5. The highest BCUT2D eigenvalue weighted by Gasteiger charge is 2.13. The summed E-state index contributed by atoms with van der Waals surface area (Å²) in [6.07, 6.45) is 7.82. The van der Waals surface area contributed by atoms with Crippen LogP contribution in [0.3, 0.4) is 0 Å². The molecular formula is C24H19N3. The molecule has 0 aliphatic rings. The summed E-state index contributed by atoms with van der Waals surface area (Å²) in [4.78, 5) is 11.1. The Kier molecular flexibility index (Phi) is 5.02. The zero-order chi connectivity index (χ0) is 18.3. The minimum atomic E-state index is 0.837. The van der Waals surface area contributed by atoms with E-state index in [1.807, 2.05) is 59.5 Å². The van der Waals surface area contributed by atoms with Gasteiger partial charge >= 0.3 is 0 Å². The van der Waals surface area contributed by atoms with Gasteiger partial charge < -0.3 is 0 Å². The molecule has 130 valence electrons. The summed E-state index contributed by atoms with van der Waals surface area (Å²) in [5.74, 6) is 1.67. The third-order valence-electron chi connectivity index (χ3n) is 4.18. The molecule has 4 aromatic rings. The van der Waals surface area contributed by atoms with Crippen molar-refractivity contribution >= 4 is 29.5 Å². The number of anilines is 3. The summed E-state index contributed by atoms with van der Waals surface area (Å²) in [5.41, 5.74) is 3.35. The lowest BCUT2D eigenvalue weighted by Crippen LogP contribution is -2.12. The van der Waals surface area contributed by atoms with Gasteiger partial charge in [-0.2, -0.15) is 0 Å². The molecule has 4 rings (SSSR count). The molecule has 0 amide bonds. The van der Waals surface area contributed by atoms with Gasteiger partial charge in [0.25, 0.3) is 0 Å². The summed E-state index contributed by atoms with van der Waals surface area (Å²) in [6.45, 7) is 0. The van der Waals surface area contributed by atoms with Crippen molar-refractivity contribution in [1.82, 2.24) is 9.97 Å². The van der Waals surface area contributed by atoms with Crippen molar-refractivity contribution in [3.8, 4) is 0 Å². The van der Waals surface area contributed by atoms with Crippen molar-refractivity contribution < 1.29 is 0 Å². The Morgan fingerprint density at radius 2 is 1.04 bits per heavy atom. The Bertz CT molecular complexity index is 956. The summed E-state index contributed by atoms with van der Waals surface area (Å²) in [5, 5.41) is 0. The number of pyridine rings is 2. The lowest BCUT2D eigenvalue weighted by atomic mass is 10.1. The molecule has 0 aliphatic carbocycles. The Balaban J connectivity index is 1.64. The van der Waals surface area contributed by atoms with Gasteiger partial charge in [-0.15, -0.1) is 0 Å². The van der Waals surface area contributed by atoms with Crippen LogP contribution in [0.2, 0.25) is 0 Å². The molecule has 0 atom stereocenters. The molecule has 0 radical (unpaired) electrons. The van der Waals surface area contributed by atoms with E-state index in [0.717, 1.165) is 22.9 Å². The fourth-order valence-electron chi connectivity index (χ4n) is 2.85. The SMILES string of the molecule is C(=Cc1ccc(N(c2ccccn2)c2ccccn2)cc1)c1ccccc1. The average Bonchev–Trinajstić information content (AvgIpc) is 2.76. The van der Waals surface area contributed by atoms with Crippen LogP contribution in [0.15, 0.2) is 103 Å². The molecule has 0 saturated carbocycles. The molecule has 2 heterocycles. The van der Waals surface area contributed by atoms with Gasteiger partial charge in [0.05, 0.1) is 0 Å². The van der Waals surface area contributed by atoms with E-state index in [0.29, 0.717) is 0 Å². The van der Waals surface area contributed by atoms with Crippen LogP contribution in [-0.4, -0.2) is 9.97 Å². The third kappa shape index (κ3) is 4.10. The van der Waals surface area contributed by atoms with E-state index in [1.54, 1.807) is 12.4 Å². The quantitative estimate of drug-likeness (QED) is 0.407. The van der Waals surface area contributed by atoms with Gasteiger partial charge in [-0.05, 0) is 47.5 Å². The number of aromatic nitrogens is 2. The normalized spacial score (nSPS) is 10.8. The van der Waals surface area contributed by atoms with Crippen LogP contribution in [0.4, 0.5) is 17.3 Å². The summed E-state index contributed by atoms with van der Waals surface area (Å²) < 4.78 is 0. The molecule has 27 heavy (non-hydrogen) atoms. The van der Waals surface area contributed by atoms with Crippen LogP contribution in [0.5, 0.6) is 0 Å². The zero-order valence-corrected chi connectivity index (χ0v) is 14.8. The molecule has 0 bridgehead atoms. The predicted molar refractivity (Wildman–Crippen MR) is 112 cm³/mol. The molecule has 0 saturated heterocycles. The Labute approximate surface area is 159 Å². The van der Waals surface area contributed by atoms with E-state index in [-0.39, 0.29) is 0 Å². The second kappa shape index (κ2) is 8.11. The number of hydrogen-bond acceptors (Lipinski definition) is 3. The van der Waals surface area contributed by atoms with Gasteiger partial charge in [0.15, 0.2) is 0 Å². The van der Waals surface area contributed by atoms with Crippen LogP contribution in [0.1, 0.15) is 11.1 Å². The zero-order valence-electron chi connectivity index (χ0n) is 14.8. The molecule has 0 spiro atoms. The number of benzene rings is 2. The lowest BCUT2D eigenvalue weighted by molar-refractivity contribution is 1.12. The van der Waals surface area contributed by atoms with Crippen LogP contribution >= 0.6 is 0 Å². The smallest absolute Gasteiger partial charge is 0.138 e. The summed E-state index contributed by atoms with van der Waals surface area (Å²) in [7, 11) is 0. The first-order valence-electron chi connectivity index (χ1n) is 8.85. The third-order valence-corrected chi connectivity index (χ3v) is 4.18. The molecular weight excluding hydrogens is 330 g/mol. The van der Waals surface area contributed by atoms with Gasteiger partial charge in [-0.3, -0.25) is 4.90 Å². The Hall–Kier alpha value is -3.72. The first kappa shape index (κ1) is 16.7. The average molecular weight is 349 g/mol. The first-order valence-corrected chi connectivity index (χ1v) is 8.85. The van der Waals surface area contributed by atoms with Gasteiger partial charge in [-0.1, -0.05) is 66.7 Å². The van der Waals surface area contributed by atoms with E-state index >= 15 is 0 Å². The highest BCUT2D eigenvalue weighted by Crippen LogP contribution is 2.31. The van der Waals surface area contributed by atoms with Gasteiger partial charge in [0.2, 0.25) is 0 Å². The van der Waals surface area contributed by atoms with Gasteiger partial charge in [0.1, 0.15) is 11.6 Å². The maximum Gasteiger partial charge on any atom is 0.138 e. The molecule has 0 N–H and O–H groups in total. The Morgan fingerprint density at radius 3 is 1.56 bits per heavy atom. The Morgan fingerprint density at radius 1 is 0.519 bits per heavy atom. The molecule has 0 fully saturated rings. The maximum absolute atomic E-state index is 4.50. The standard InChI is InChI=1S/C24H19N3/c1-2-8-20(9-3-1)12-13-21-14-16-22(17-15-21)27(23-10-4-6-18-25-23)24-11-5-7-19-26-24/h1-19H. The number of hydrogen-bond donors (Lipinski definition) is 0. The van der Waals surface area contributed by atoms with Crippen molar-refractivity contribution in [2.45, 2.75) is 0 Å². The van der Waals surface area contributed by atoms with Crippen molar-refractivity contribution in [1.29, 1.82) is 0 Å². The molecule has 0 aliphatic heterocycles. The predicted octanol–water partition coefficient (Wildman–Crippen LogP) is 6.12. The van der Waals surface area contributed by atoms with Crippen LogP contribution in [-0.2, 0) is 0 Å². The second-order valence-electron chi connectivity index (χ2n) is 6.05. The molecule has 3 nitrogen and oxygen atoms in total.